The van der Waals surface area contributed by atoms with E-state index in [0.29, 0.717) is 35.6 Å². The molecule has 0 radical (unpaired) electrons. The molecule has 0 aromatic heterocycles. The topological polar surface area (TPSA) is 37.3 Å². The molecule has 4 rings (SSSR count). The van der Waals surface area contributed by atoms with Crippen molar-refractivity contribution in [3.05, 3.63) is 23.3 Å². The minimum atomic E-state index is 0.152. The van der Waals surface area contributed by atoms with Crippen LogP contribution in [0.25, 0.3) is 0 Å². The second-order valence-corrected chi connectivity index (χ2v) is 9.43. The number of aliphatic hydroxyl groups is 1. The minimum Gasteiger partial charge on any atom is -0.396 e. The molecule has 0 bridgehead atoms. The van der Waals surface area contributed by atoms with Crippen molar-refractivity contribution in [2.75, 3.05) is 6.61 Å². The van der Waals surface area contributed by atoms with E-state index < -0.39 is 0 Å². The second-order valence-electron chi connectivity index (χ2n) is 9.43. The third-order valence-electron chi connectivity index (χ3n) is 8.38. The molecular formula is C22H32O2. The van der Waals surface area contributed by atoms with Crippen LogP contribution in [0.1, 0.15) is 65.7 Å². The Hall–Kier alpha value is -0.890. The molecular weight excluding hydrogens is 296 g/mol. The highest BCUT2D eigenvalue weighted by atomic mass is 16.3. The molecule has 24 heavy (non-hydrogen) atoms. The van der Waals surface area contributed by atoms with Gasteiger partial charge in [0.05, 0.1) is 0 Å². The Kier molecular flexibility index (Phi) is 3.84. The summed E-state index contributed by atoms with van der Waals surface area (Å²) in [7, 11) is 0. The number of fused-ring (bicyclic) bond motifs is 5. The normalized spacial score (nSPS) is 45.7. The Morgan fingerprint density at radius 2 is 2.04 bits per heavy atom. The zero-order valence-corrected chi connectivity index (χ0v) is 15.5. The summed E-state index contributed by atoms with van der Waals surface area (Å²) < 4.78 is 0. The third kappa shape index (κ3) is 2.14. The first-order valence-corrected chi connectivity index (χ1v) is 9.95. The Bertz CT molecular complexity index is 615. The zero-order chi connectivity index (χ0) is 17.1. The van der Waals surface area contributed by atoms with Crippen LogP contribution in [0.3, 0.4) is 0 Å². The number of aliphatic hydroxyl groups excluding tert-OH is 1. The molecule has 2 nitrogen and oxygen atoms in total. The lowest BCUT2D eigenvalue weighted by molar-refractivity contribution is -0.115. The molecule has 2 saturated carbocycles. The van der Waals surface area contributed by atoms with Gasteiger partial charge in [-0.15, -0.1) is 0 Å². The number of rotatable bonds is 2. The molecule has 1 N–H and O–H groups in total. The van der Waals surface area contributed by atoms with Gasteiger partial charge in [0.15, 0.2) is 5.78 Å². The van der Waals surface area contributed by atoms with E-state index in [4.69, 9.17) is 0 Å². The van der Waals surface area contributed by atoms with Crippen LogP contribution in [0.15, 0.2) is 23.3 Å². The van der Waals surface area contributed by atoms with Crippen molar-refractivity contribution < 1.29 is 9.90 Å². The van der Waals surface area contributed by atoms with Crippen LogP contribution in [0.4, 0.5) is 0 Å². The summed E-state index contributed by atoms with van der Waals surface area (Å²) in [5.41, 5.74) is 3.58. The SMILES string of the molecule is CC(CO)C1CCC2C3CCC4=CC(=O)CC[C@]4(C)C3=CC[C@]12C. The summed E-state index contributed by atoms with van der Waals surface area (Å²) in [5.74, 6) is 2.88. The van der Waals surface area contributed by atoms with Gasteiger partial charge in [-0.25, -0.2) is 0 Å². The van der Waals surface area contributed by atoms with Gasteiger partial charge in [-0.2, -0.15) is 0 Å². The molecule has 6 atom stereocenters. The standard InChI is InChI=1S/C22H32O2/c1-14(13-23)18-6-7-19-17-5-4-15-12-16(24)8-10-21(15,2)20(17)9-11-22(18,19)3/h9,12,14,17-19,23H,4-8,10-11,13H2,1-3H3/t14?,17?,18?,19?,21-,22+/m0/s1. The van der Waals surface area contributed by atoms with Gasteiger partial charge in [-0.05, 0) is 73.7 Å². The van der Waals surface area contributed by atoms with E-state index in [0.717, 1.165) is 31.6 Å². The largest absolute Gasteiger partial charge is 0.396 e. The molecule has 0 amide bonds. The van der Waals surface area contributed by atoms with E-state index in [9.17, 15) is 9.90 Å². The van der Waals surface area contributed by atoms with Crippen molar-refractivity contribution >= 4 is 5.78 Å². The average molecular weight is 328 g/mol. The lowest BCUT2D eigenvalue weighted by Gasteiger charge is -2.54. The first-order valence-electron chi connectivity index (χ1n) is 9.95. The van der Waals surface area contributed by atoms with E-state index in [1.54, 1.807) is 5.57 Å². The Morgan fingerprint density at radius 1 is 1.25 bits per heavy atom. The number of hydrogen-bond donors (Lipinski definition) is 1. The van der Waals surface area contributed by atoms with Crippen LogP contribution in [0.2, 0.25) is 0 Å². The van der Waals surface area contributed by atoms with Gasteiger partial charge < -0.3 is 5.11 Å². The van der Waals surface area contributed by atoms with Gasteiger partial charge in [-0.3, -0.25) is 4.79 Å². The molecule has 4 unspecified atom stereocenters. The van der Waals surface area contributed by atoms with E-state index >= 15 is 0 Å². The average Bonchev–Trinajstić information content (AvgIpc) is 2.92. The highest BCUT2D eigenvalue weighted by Crippen LogP contribution is 2.65. The molecule has 0 aliphatic heterocycles. The van der Waals surface area contributed by atoms with Gasteiger partial charge in [0.25, 0.3) is 0 Å². The van der Waals surface area contributed by atoms with Crippen molar-refractivity contribution in [3.8, 4) is 0 Å². The maximum atomic E-state index is 11.9. The molecule has 0 saturated heterocycles. The van der Waals surface area contributed by atoms with Crippen LogP contribution >= 0.6 is 0 Å². The van der Waals surface area contributed by atoms with Crippen LogP contribution in [-0.4, -0.2) is 17.5 Å². The molecule has 0 aromatic rings. The van der Waals surface area contributed by atoms with E-state index in [2.05, 4.69) is 26.8 Å². The molecule has 0 heterocycles. The molecule has 0 spiro atoms. The third-order valence-corrected chi connectivity index (χ3v) is 8.38. The number of hydrogen-bond acceptors (Lipinski definition) is 2. The summed E-state index contributed by atoms with van der Waals surface area (Å²) >= 11 is 0. The number of carbonyl (C=O) groups excluding carboxylic acids is 1. The zero-order valence-electron chi connectivity index (χ0n) is 15.5. The lowest BCUT2D eigenvalue weighted by Crippen LogP contribution is -2.45. The minimum absolute atomic E-state index is 0.152. The van der Waals surface area contributed by atoms with E-state index in [1.165, 1.54) is 24.8 Å². The van der Waals surface area contributed by atoms with Crippen LogP contribution in [-0.2, 0) is 4.79 Å². The smallest absolute Gasteiger partial charge is 0.155 e. The predicted molar refractivity (Wildman–Crippen MR) is 96.4 cm³/mol. The number of allylic oxidation sites excluding steroid dienone is 4. The fourth-order valence-corrected chi connectivity index (χ4v) is 6.96. The van der Waals surface area contributed by atoms with E-state index in [1.807, 2.05) is 6.08 Å². The van der Waals surface area contributed by atoms with Gasteiger partial charge in [0.1, 0.15) is 0 Å². The maximum Gasteiger partial charge on any atom is 0.155 e. The van der Waals surface area contributed by atoms with Gasteiger partial charge in [-0.1, -0.05) is 38.0 Å². The second kappa shape index (κ2) is 5.56. The predicted octanol–water partition coefficient (Wildman–Crippen LogP) is 4.68. The van der Waals surface area contributed by atoms with Crippen LogP contribution in [0, 0.1) is 34.5 Å². The van der Waals surface area contributed by atoms with Crippen molar-refractivity contribution in [1.29, 1.82) is 0 Å². The van der Waals surface area contributed by atoms with Gasteiger partial charge >= 0.3 is 0 Å². The van der Waals surface area contributed by atoms with Crippen molar-refractivity contribution in [2.24, 2.45) is 34.5 Å². The molecule has 4 aliphatic carbocycles. The molecule has 2 heteroatoms. The van der Waals surface area contributed by atoms with Crippen LogP contribution in [0.5, 0.6) is 0 Å². The van der Waals surface area contributed by atoms with Crippen LogP contribution < -0.4 is 0 Å². The lowest BCUT2D eigenvalue weighted by atomic mass is 9.50. The molecule has 4 aliphatic rings. The highest BCUT2D eigenvalue weighted by Gasteiger charge is 2.56. The van der Waals surface area contributed by atoms with Crippen molar-refractivity contribution in [2.45, 2.75) is 65.7 Å². The van der Waals surface area contributed by atoms with Gasteiger partial charge in [0.2, 0.25) is 0 Å². The summed E-state index contributed by atoms with van der Waals surface area (Å²) in [6.07, 6.45) is 12.4. The number of carbonyl (C=O) groups is 1. The summed E-state index contributed by atoms with van der Waals surface area (Å²) in [6.45, 7) is 7.44. The fourth-order valence-electron chi connectivity index (χ4n) is 6.96. The Balaban J connectivity index is 1.70. The van der Waals surface area contributed by atoms with E-state index in [-0.39, 0.29) is 5.41 Å². The first-order chi connectivity index (χ1) is 11.4. The monoisotopic (exact) mass is 328 g/mol. The maximum absolute atomic E-state index is 11.9. The molecule has 0 aromatic carbocycles. The first kappa shape index (κ1) is 16.6. The van der Waals surface area contributed by atoms with Gasteiger partial charge in [0, 0.05) is 18.4 Å². The Labute approximate surface area is 146 Å². The summed E-state index contributed by atoms with van der Waals surface area (Å²) in [5, 5.41) is 9.70. The molecule has 2 fully saturated rings. The Morgan fingerprint density at radius 3 is 2.79 bits per heavy atom. The fraction of sp³-hybridized carbons (Fsp3) is 0.773. The summed E-state index contributed by atoms with van der Waals surface area (Å²) in [4.78, 5) is 11.9. The summed E-state index contributed by atoms with van der Waals surface area (Å²) in [6, 6.07) is 0. The highest BCUT2D eigenvalue weighted by molar-refractivity contribution is 5.92. The quantitative estimate of drug-likeness (QED) is 0.747. The molecule has 132 valence electrons. The number of ketones is 1. The van der Waals surface area contributed by atoms with Crippen molar-refractivity contribution in [3.63, 3.8) is 0 Å². The van der Waals surface area contributed by atoms with Crippen molar-refractivity contribution in [1.82, 2.24) is 0 Å².